The zero-order chi connectivity index (χ0) is 10.3. The van der Waals surface area contributed by atoms with Gasteiger partial charge in [0.25, 0.3) is 0 Å². The second-order valence-corrected chi connectivity index (χ2v) is 3.65. The molecule has 14 heavy (non-hydrogen) atoms. The quantitative estimate of drug-likeness (QED) is 0.330. The van der Waals surface area contributed by atoms with Crippen molar-refractivity contribution in [2.75, 3.05) is 0 Å². The molecule has 0 spiro atoms. The molecule has 4 heteroatoms. The van der Waals surface area contributed by atoms with Crippen LogP contribution in [-0.4, -0.2) is 11.8 Å². The predicted molar refractivity (Wildman–Crippen MR) is 55.6 cm³/mol. The van der Waals surface area contributed by atoms with Crippen LogP contribution in [0.1, 0.15) is 46.5 Å². The summed E-state index contributed by atoms with van der Waals surface area (Å²) in [4.78, 5) is 3.34. The van der Waals surface area contributed by atoms with E-state index >= 15 is 0 Å². The number of diazo groups is 1. The van der Waals surface area contributed by atoms with Crippen LogP contribution in [0.4, 0.5) is 0 Å². The van der Waals surface area contributed by atoms with E-state index in [9.17, 15) is 0 Å². The molecule has 1 N–H and O–H groups in total. The van der Waals surface area contributed by atoms with E-state index in [4.69, 9.17) is 10.8 Å². The van der Waals surface area contributed by atoms with Crippen LogP contribution >= 0.6 is 0 Å². The molecule has 0 aliphatic rings. The molecule has 0 amide bonds. The van der Waals surface area contributed by atoms with Crippen LogP contribution in [0.5, 0.6) is 0 Å². The molecule has 0 aromatic heterocycles. The Labute approximate surface area is 104 Å². The van der Waals surface area contributed by atoms with Gasteiger partial charge in [0.1, 0.15) is 4.98 Å². The molecular weight excluding hydrogens is 289 g/mol. The van der Waals surface area contributed by atoms with Gasteiger partial charge in [-0.15, -0.1) is 0 Å². The van der Waals surface area contributed by atoms with E-state index in [2.05, 4.69) is 11.9 Å². The van der Waals surface area contributed by atoms with Gasteiger partial charge in [0.2, 0.25) is 5.39 Å². The summed E-state index contributed by atoms with van der Waals surface area (Å²) in [5, 5.41) is 16.2. The fraction of sp³-hybridized carbons (Fsp3) is 0.900. The number of rotatable bonds is 6. The van der Waals surface area contributed by atoms with E-state index in [1.165, 1.54) is 12.8 Å². The van der Waals surface area contributed by atoms with Crippen LogP contribution in [0, 0.1) is 16.7 Å². The Morgan fingerprint density at radius 1 is 1.43 bits per heavy atom. The third-order valence-corrected chi connectivity index (χ3v) is 2.51. The van der Waals surface area contributed by atoms with Crippen LogP contribution < -0.4 is 24.0 Å². The van der Waals surface area contributed by atoms with Gasteiger partial charge in [-0.1, -0.05) is 19.8 Å². The first-order valence-electron chi connectivity index (χ1n) is 5.02. The van der Waals surface area contributed by atoms with E-state index in [0.29, 0.717) is 5.71 Å². The number of nitrogens with one attached hydrogen (secondary N) is 1. The maximum absolute atomic E-state index is 8.77. The lowest BCUT2D eigenvalue weighted by atomic mass is 9.93. The van der Waals surface area contributed by atoms with Crippen LogP contribution in [-0.2, 0) is 0 Å². The molecule has 3 nitrogen and oxygen atoms in total. The van der Waals surface area contributed by atoms with Crippen LogP contribution in [0.3, 0.4) is 0 Å². The Hall–Kier alpha value is -0.180. The van der Waals surface area contributed by atoms with E-state index in [0.717, 1.165) is 12.8 Å². The summed E-state index contributed by atoms with van der Waals surface area (Å²) < 4.78 is 0. The van der Waals surface area contributed by atoms with Crippen molar-refractivity contribution in [3.05, 3.63) is 4.98 Å². The van der Waals surface area contributed by atoms with Crippen molar-refractivity contribution >= 4 is 5.71 Å². The third kappa shape index (κ3) is 6.30. The summed E-state index contributed by atoms with van der Waals surface area (Å²) in [7, 11) is 0. The minimum atomic E-state index is -0.0796. The highest BCUT2D eigenvalue weighted by atomic mass is 127. The summed E-state index contributed by atoms with van der Waals surface area (Å²) >= 11 is 0. The monoisotopic (exact) mass is 309 g/mol. The smallest absolute Gasteiger partial charge is 0.321 e. The van der Waals surface area contributed by atoms with Gasteiger partial charge in [-0.2, -0.15) is 0 Å². The number of nitrogens with zero attached hydrogens (tertiary/aromatic N) is 2. The third-order valence-electron chi connectivity index (χ3n) is 2.51. The normalized spacial score (nSPS) is 13.6. The second kappa shape index (κ2) is 9.38. The first-order chi connectivity index (χ1) is 6.13. The Morgan fingerprint density at radius 2 is 2.00 bits per heavy atom. The van der Waals surface area contributed by atoms with Crippen molar-refractivity contribution < 1.29 is 24.0 Å². The lowest BCUT2D eigenvalue weighted by Gasteiger charge is -2.06. The topological polar surface area (TPSA) is 52.0 Å². The van der Waals surface area contributed by atoms with Crippen molar-refractivity contribution in [3.63, 3.8) is 0 Å². The summed E-state index contributed by atoms with van der Waals surface area (Å²) in [6.07, 6.45) is 4.33. The standard InChI is InChI=1S/C10H20N3.HI/c1-4-5-6-7-10(13-12)8(2)9(3)11;/h8,10-11H,4-7H2,1-3H3;1H/q+1;/p-1. The molecule has 82 valence electrons. The van der Waals surface area contributed by atoms with E-state index in [1.54, 1.807) is 6.92 Å². The summed E-state index contributed by atoms with van der Waals surface area (Å²) in [6, 6.07) is -0.0796. The first-order valence-corrected chi connectivity index (χ1v) is 5.02. The zero-order valence-electron chi connectivity index (χ0n) is 9.26. The SMILES string of the molecule is CCCCCC([N+]#N)C(C)C(C)=N.[I-]. The average molecular weight is 309 g/mol. The maximum atomic E-state index is 8.77. The summed E-state index contributed by atoms with van der Waals surface area (Å²) in [6.45, 7) is 5.86. The lowest BCUT2D eigenvalue weighted by Crippen LogP contribution is -3.00. The average Bonchev–Trinajstić information content (AvgIpc) is 2.11. The molecule has 0 radical (unpaired) electrons. The molecule has 0 fully saturated rings. The van der Waals surface area contributed by atoms with Gasteiger partial charge in [-0.3, -0.25) is 0 Å². The predicted octanol–water partition coefficient (Wildman–Crippen LogP) is 0.468. The van der Waals surface area contributed by atoms with Crippen molar-refractivity contribution in [1.82, 2.24) is 0 Å². The van der Waals surface area contributed by atoms with Gasteiger partial charge in [-0.05, 0) is 20.3 Å². The molecule has 0 aromatic rings. The molecule has 2 unspecified atom stereocenters. The van der Waals surface area contributed by atoms with Gasteiger partial charge in [0.15, 0.2) is 0 Å². The lowest BCUT2D eigenvalue weighted by molar-refractivity contribution is -0.00000353. The minimum absolute atomic E-state index is 0. The van der Waals surface area contributed by atoms with Crippen LogP contribution in [0.15, 0.2) is 0 Å². The van der Waals surface area contributed by atoms with Crippen molar-refractivity contribution in [2.24, 2.45) is 5.92 Å². The molecular formula is C10H20IN3. The molecule has 0 aromatic carbocycles. The second-order valence-electron chi connectivity index (χ2n) is 3.65. The van der Waals surface area contributed by atoms with E-state index in [1.807, 2.05) is 6.92 Å². The van der Waals surface area contributed by atoms with Gasteiger partial charge in [0.05, 0.1) is 5.92 Å². The first kappa shape index (κ1) is 16.3. The Bertz CT molecular complexity index is 198. The molecule has 2 atom stereocenters. The maximum Gasteiger partial charge on any atom is 0.321 e. The molecule has 0 bridgehead atoms. The van der Waals surface area contributed by atoms with E-state index in [-0.39, 0.29) is 35.9 Å². The molecule has 0 rings (SSSR count). The molecule has 0 saturated carbocycles. The van der Waals surface area contributed by atoms with Crippen molar-refractivity contribution in [3.8, 4) is 0 Å². The highest BCUT2D eigenvalue weighted by Crippen LogP contribution is 2.16. The number of unbranched alkanes of at least 4 members (excludes halogenated alkanes) is 2. The highest BCUT2D eigenvalue weighted by molar-refractivity contribution is 5.81. The molecule has 0 aliphatic carbocycles. The molecule has 0 saturated heterocycles. The van der Waals surface area contributed by atoms with Crippen LogP contribution in [0.2, 0.25) is 0 Å². The number of halogens is 1. The zero-order valence-corrected chi connectivity index (χ0v) is 11.4. The highest BCUT2D eigenvalue weighted by Gasteiger charge is 2.28. The molecule has 0 heterocycles. The van der Waals surface area contributed by atoms with Crippen molar-refractivity contribution in [1.29, 1.82) is 10.8 Å². The largest absolute Gasteiger partial charge is 1.00 e. The van der Waals surface area contributed by atoms with E-state index < -0.39 is 0 Å². The van der Waals surface area contributed by atoms with Gasteiger partial charge >= 0.3 is 6.04 Å². The number of hydrogen-bond donors (Lipinski definition) is 1. The van der Waals surface area contributed by atoms with Gasteiger partial charge < -0.3 is 29.4 Å². The van der Waals surface area contributed by atoms with Gasteiger partial charge in [0, 0.05) is 12.1 Å². The Kier molecular flexibility index (Phi) is 10.9. The number of hydrogen-bond acceptors (Lipinski definition) is 2. The van der Waals surface area contributed by atoms with Gasteiger partial charge in [-0.25, -0.2) is 0 Å². The van der Waals surface area contributed by atoms with Crippen LogP contribution in [0.25, 0.3) is 4.98 Å². The Balaban J connectivity index is 0. The minimum Gasteiger partial charge on any atom is -1.00 e. The summed E-state index contributed by atoms with van der Waals surface area (Å²) in [5.74, 6) is 0.0712. The molecule has 0 aliphatic heterocycles. The Morgan fingerprint density at radius 3 is 2.36 bits per heavy atom. The summed E-state index contributed by atoms with van der Waals surface area (Å²) in [5.41, 5.74) is 0.597. The fourth-order valence-corrected chi connectivity index (χ4v) is 1.30. The fourth-order valence-electron chi connectivity index (χ4n) is 1.30. The van der Waals surface area contributed by atoms with Crippen molar-refractivity contribution in [2.45, 2.75) is 52.5 Å².